The molecule has 0 radical (unpaired) electrons. The second-order valence-corrected chi connectivity index (χ2v) is 12.1. The highest BCUT2D eigenvalue weighted by Crippen LogP contribution is 2.56. The highest BCUT2D eigenvalue weighted by atomic mass is 16.2. The van der Waals surface area contributed by atoms with Crippen LogP contribution in [0.5, 0.6) is 0 Å². The number of anilines is 3. The number of aromatic nitrogens is 3. The summed E-state index contributed by atoms with van der Waals surface area (Å²) in [4.78, 5) is 49.0. The first-order chi connectivity index (χ1) is 18.7. The van der Waals surface area contributed by atoms with Gasteiger partial charge in [0.15, 0.2) is 0 Å². The third-order valence-electron chi connectivity index (χ3n) is 9.47. The van der Waals surface area contributed by atoms with Crippen molar-refractivity contribution in [2.24, 2.45) is 5.41 Å². The summed E-state index contributed by atoms with van der Waals surface area (Å²) >= 11 is 0. The van der Waals surface area contributed by atoms with Gasteiger partial charge in [0.25, 0.3) is 0 Å². The van der Waals surface area contributed by atoms with Crippen LogP contribution in [-0.4, -0.2) is 82.4 Å². The maximum Gasteiger partial charge on any atom is 0.238 e. The van der Waals surface area contributed by atoms with Crippen LogP contribution in [0.2, 0.25) is 0 Å². The van der Waals surface area contributed by atoms with Crippen molar-refractivity contribution < 1.29 is 9.59 Å². The van der Waals surface area contributed by atoms with Crippen LogP contribution in [0, 0.1) is 16.7 Å². The molecule has 0 bridgehead atoms. The summed E-state index contributed by atoms with van der Waals surface area (Å²) in [7, 11) is 3.47. The average Bonchev–Trinajstić information content (AvgIpc) is 3.25. The van der Waals surface area contributed by atoms with Crippen LogP contribution in [0.3, 0.4) is 0 Å². The van der Waals surface area contributed by atoms with Gasteiger partial charge in [0.05, 0.1) is 11.6 Å². The Labute approximate surface area is 229 Å². The Hall–Kier alpha value is -3.74. The van der Waals surface area contributed by atoms with Gasteiger partial charge in [-0.25, -0.2) is 15.0 Å². The van der Waals surface area contributed by atoms with E-state index < -0.39 is 5.41 Å². The molecule has 2 aliphatic heterocycles. The van der Waals surface area contributed by atoms with Crippen LogP contribution < -0.4 is 9.80 Å². The van der Waals surface area contributed by atoms with Crippen LogP contribution in [0.4, 0.5) is 17.5 Å². The Bertz CT molecular complexity index is 1360. The lowest BCUT2D eigenvalue weighted by atomic mass is 9.65. The number of carbonyl (C=O) groups is 2. The quantitative estimate of drug-likeness (QED) is 0.557. The summed E-state index contributed by atoms with van der Waals surface area (Å²) in [5, 5.41) is 9.44. The van der Waals surface area contributed by atoms with Crippen LogP contribution >= 0.6 is 0 Å². The predicted molar refractivity (Wildman–Crippen MR) is 146 cm³/mol. The molecule has 0 unspecified atom stereocenters. The topological polar surface area (TPSA) is 110 Å². The fourth-order valence-electron chi connectivity index (χ4n) is 7.01. The van der Waals surface area contributed by atoms with Crippen molar-refractivity contribution in [3.05, 3.63) is 35.8 Å². The SMILES string of the molecule is C[C@@H]1CN(c2ncnc3c2C2(CCC2)CN3c2cc(C#N)ccn2)[C@@H](C)CN1C(=O)C1(C(=O)N(C)C)CCC1. The molecule has 2 amide bonds. The summed E-state index contributed by atoms with van der Waals surface area (Å²) in [6.45, 7) is 6.17. The van der Waals surface area contributed by atoms with Gasteiger partial charge in [-0.2, -0.15) is 5.26 Å². The third-order valence-corrected chi connectivity index (χ3v) is 9.47. The van der Waals surface area contributed by atoms with Crippen molar-refractivity contribution in [3.63, 3.8) is 0 Å². The highest BCUT2D eigenvalue weighted by molar-refractivity contribution is 6.06. The van der Waals surface area contributed by atoms with Gasteiger partial charge in [-0.1, -0.05) is 12.8 Å². The number of nitriles is 1. The molecule has 3 fully saturated rings. The summed E-state index contributed by atoms with van der Waals surface area (Å²) in [6, 6.07) is 5.73. The Morgan fingerprint density at radius 1 is 1.03 bits per heavy atom. The first kappa shape index (κ1) is 25.5. The molecule has 10 nitrogen and oxygen atoms in total. The molecule has 2 aliphatic carbocycles. The molecule has 1 spiro atoms. The highest BCUT2D eigenvalue weighted by Gasteiger charge is 2.55. The summed E-state index contributed by atoms with van der Waals surface area (Å²) in [5.41, 5.74) is 0.792. The van der Waals surface area contributed by atoms with Gasteiger partial charge in [-0.3, -0.25) is 9.59 Å². The van der Waals surface area contributed by atoms with Crippen LogP contribution in [0.15, 0.2) is 24.7 Å². The molecule has 4 aliphatic rings. The van der Waals surface area contributed by atoms with E-state index >= 15 is 0 Å². The molecule has 6 rings (SSSR count). The molecule has 0 N–H and O–H groups in total. The molecule has 2 saturated carbocycles. The first-order valence-electron chi connectivity index (χ1n) is 14.0. The van der Waals surface area contributed by atoms with Crippen molar-refractivity contribution in [3.8, 4) is 6.07 Å². The van der Waals surface area contributed by atoms with E-state index in [4.69, 9.17) is 9.97 Å². The Morgan fingerprint density at radius 2 is 1.74 bits per heavy atom. The zero-order valence-electron chi connectivity index (χ0n) is 23.2. The minimum atomic E-state index is -0.905. The van der Waals surface area contributed by atoms with Gasteiger partial charge in [0, 0.05) is 63.0 Å². The number of pyridine rings is 1. The number of rotatable bonds is 4. The standard InChI is InChI=1S/C29H36N8O2/c1-19-16-36(27(39)29(10-6-11-29)26(38)34(3)4)20(2)15-35(19)24-23-25(33-18-32-24)37(17-28(23)8-5-9-28)22-13-21(14-30)7-12-31-22/h7,12-13,18-20H,5-6,8-11,15-17H2,1-4H3/t19-,20+/m0/s1. The first-order valence-corrected chi connectivity index (χ1v) is 14.0. The largest absolute Gasteiger partial charge is 0.350 e. The van der Waals surface area contributed by atoms with Crippen molar-refractivity contribution in [2.45, 2.75) is 69.9 Å². The van der Waals surface area contributed by atoms with E-state index in [2.05, 4.69) is 34.7 Å². The molecule has 2 aromatic heterocycles. The van der Waals surface area contributed by atoms with Crippen LogP contribution in [-0.2, 0) is 15.0 Å². The third kappa shape index (κ3) is 3.77. The Balaban J connectivity index is 1.32. The average molecular weight is 529 g/mol. The zero-order chi connectivity index (χ0) is 27.5. The Kier molecular flexibility index (Phi) is 6.01. The maximum absolute atomic E-state index is 13.8. The van der Waals surface area contributed by atoms with E-state index in [1.54, 1.807) is 37.6 Å². The lowest BCUT2D eigenvalue weighted by Gasteiger charge is -2.50. The normalized spacial score (nSPS) is 24.4. The van der Waals surface area contributed by atoms with E-state index in [1.807, 2.05) is 11.0 Å². The summed E-state index contributed by atoms with van der Waals surface area (Å²) in [5.74, 6) is 2.44. The van der Waals surface area contributed by atoms with Gasteiger partial charge < -0.3 is 19.6 Å². The number of hydrogen-bond acceptors (Lipinski definition) is 8. The summed E-state index contributed by atoms with van der Waals surface area (Å²) < 4.78 is 0. The second-order valence-electron chi connectivity index (χ2n) is 12.1. The molecule has 10 heteroatoms. The van der Waals surface area contributed by atoms with Gasteiger partial charge in [0.2, 0.25) is 11.8 Å². The van der Waals surface area contributed by atoms with E-state index in [-0.39, 0.29) is 29.3 Å². The van der Waals surface area contributed by atoms with E-state index in [0.29, 0.717) is 31.5 Å². The minimum Gasteiger partial charge on any atom is -0.350 e. The molecule has 4 heterocycles. The maximum atomic E-state index is 13.8. The molecule has 0 aromatic carbocycles. The number of piperazine rings is 1. The second kappa shape index (κ2) is 9.18. The van der Waals surface area contributed by atoms with Gasteiger partial charge in [-0.15, -0.1) is 0 Å². The molecular formula is C29H36N8O2. The smallest absolute Gasteiger partial charge is 0.238 e. The number of carbonyl (C=O) groups excluding carboxylic acids is 2. The molecule has 39 heavy (non-hydrogen) atoms. The molecular weight excluding hydrogens is 492 g/mol. The van der Waals surface area contributed by atoms with Gasteiger partial charge >= 0.3 is 0 Å². The fraction of sp³-hybridized carbons (Fsp3) is 0.586. The van der Waals surface area contributed by atoms with Crippen LogP contribution in [0.25, 0.3) is 0 Å². The van der Waals surface area contributed by atoms with E-state index in [9.17, 15) is 14.9 Å². The minimum absolute atomic E-state index is 0.0237. The molecule has 2 aromatic rings. The fourth-order valence-corrected chi connectivity index (χ4v) is 7.01. The van der Waals surface area contributed by atoms with Crippen molar-refractivity contribution >= 4 is 29.3 Å². The lowest BCUT2D eigenvalue weighted by molar-refractivity contribution is -0.163. The lowest BCUT2D eigenvalue weighted by Crippen LogP contribution is -2.64. The van der Waals surface area contributed by atoms with E-state index in [0.717, 1.165) is 55.2 Å². The van der Waals surface area contributed by atoms with Crippen molar-refractivity contribution in [2.75, 3.05) is 43.5 Å². The molecule has 204 valence electrons. The molecule has 2 atom stereocenters. The number of hydrogen-bond donors (Lipinski definition) is 0. The molecule has 1 saturated heterocycles. The zero-order valence-corrected chi connectivity index (χ0v) is 23.2. The number of fused-ring (bicyclic) bond motifs is 2. The monoisotopic (exact) mass is 528 g/mol. The van der Waals surface area contributed by atoms with Crippen molar-refractivity contribution in [1.29, 1.82) is 5.26 Å². The number of amides is 2. The summed E-state index contributed by atoms with van der Waals surface area (Å²) in [6.07, 6.45) is 8.75. The Morgan fingerprint density at radius 3 is 2.36 bits per heavy atom. The van der Waals surface area contributed by atoms with Crippen LogP contribution in [0.1, 0.15) is 63.5 Å². The predicted octanol–water partition coefficient (Wildman–Crippen LogP) is 3.00. The van der Waals surface area contributed by atoms with Crippen molar-refractivity contribution in [1.82, 2.24) is 24.8 Å². The van der Waals surface area contributed by atoms with Gasteiger partial charge in [-0.05, 0) is 51.7 Å². The van der Waals surface area contributed by atoms with Gasteiger partial charge in [0.1, 0.15) is 29.2 Å². The number of nitrogens with zero attached hydrogens (tertiary/aromatic N) is 8. The van der Waals surface area contributed by atoms with E-state index in [1.165, 1.54) is 0 Å².